The Hall–Kier alpha value is -2.44. The number of fused-ring (bicyclic) bond motifs is 1. The molecule has 0 aliphatic heterocycles. The monoisotopic (exact) mass is 341 g/mol. The number of hydrogen-bond donors (Lipinski definition) is 2. The molecule has 7 heteroatoms. The molecular weight excluding hydrogens is 314 g/mol. The first-order valence-electron chi connectivity index (χ1n) is 8.87. The van der Waals surface area contributed by atoms with E-state index in [0.717, 1.165) is 36.7 Å². The fourth-order valence-corrected chi connectivity index (χ4v) is 3.07. The van der Waals surface area contributed by atoms with Crippen molar-refractivity contribution in [2.75, 3.05) is 7.05 Å². The number of hydrogen-bond acceptors (Lipinski definition) is 4. The van der Waals surface area contributed by atoms with Crippen molar-refractivity contribution in [2.24, 2.45) is 4.99 Å². The van der Waals surface area contributed by atoms with Crippen LogP contribution in [0.2, 0.25) is 0 Å². The van der Waals surface area contributed by atoms with Crippen LogP contribution in [0, 0.1) is 6.92 Å². The Morgan fingerprint density at radius 2 is 2.28 bits per heavy atom. The number of nitrogens with one attached hydrogen (secondary N) is 2. The highest BCUT2D eigenvalue weighted by Gasteiger charge is 2.22. The lowest BCUT2D eigenvalue weighted by Gasteiger charge is -2.24. The largest absolute Gasteiger partial charge is 0.353 e. The highest BCUT2D eigenvalue weighted by atomic mass is 15.3. The normalized spacial score (nSPS) is 17.5. The smallest absolute Gasteiger partial charge is 0.191 e. The molecule has 25 heavy (non-hydrogen) atoms. The SMILES string of the molecule is CN=C(NCc1ccnc(C)n1)NC1CCc2cn(C(C)C)nc2C1. The molecule has 0 fully saturated rings. The van der Waals surface area contributed by atoms with Crippen LogP contribution >= 0.6 is 0 Å². The van der Waals surface area contributed by atoms with Gasteiger partial charge >= 0.3 is 0 Å². The van der Waals surface area contributed by atoms with Crippen LogP contribution in [0.3, 0.4) is 0 Å². The zero-order valence-electron chi connectivity index (χ0n) is 15.5. The van der Waals surface area contributed by atoms with E-state index in [0.29, 0.717) is 18.6 Å². The maximum atomic E-state index is 4.74. The minimum absolute atomic E-state index is 0.348. The van der Waals surface area contributed by atoms with Crippen molar-refractivity contribution >= 4 is 5.96 Å². The Balaban J connectivity index is 1.57. The van der Waals surface area contributed by atoms with Gasteiger partial charge in [-0.1, -0.05) is 0 Å². The molecule has 2 heterocycles. The Labute approximate surface area is 149 Å². The van der Waals surface area contributed by atoms with Gasteiger partial charge in [0.2, 0.25) is 0 Å². The molecule has 2 aromatic rings. The van der Waals surface area contributed by atoms with Crippen LogP contribution < -0.4 is 10.6 Å². The standard InChI is InChI=1S/C18H27N7/c1-12(2)25-11-14-5-6-15(9-17(14)24-25)23-18(19-4)21-10-16-7-8-20-13(3)22-16/h7-8,11-12,15H,5-6,9-10H2,1-4H3,(H2,19,21,23). The first-order valence-corrected chi connectivity index (χ1v) is 8.87. The van der Waals surface area contributed by atoms with Crippen molar-refractivity contribution in [3.63, 3.8) is 0 Å². The summed E-state index contributed by atoms with van der Waals surface area (Å²) in [4.78, 5) is 12.9. The summed E-state index contributed by atoms with van der Waals surface area (Å²) in [6.45, 7) is 6.85. The third kappa shape index (κ3) is 4.35. The lowest BCUT2D eigenvalue weighted by Crippen LogP contribution is -2.45. The Kier molecular flexibility index (Phi) is 5.31. The number of aromatic nitrogens is 4. The fourth-order valence-electron chi connectivity index (χ4n) is 3.07. The molecule has 0 bridgehead atoms. The molecule has 0 saturated heterocycles. The van der Waals surface area contributed by atoms with E-state index < -0.39 is 0 Å². The molecule has 0 radical (unpaired) electrons. The number of rotatable bonds is 4. The van der Waals surface area contributed by atoms with Gasteiger partial charge in [-0.15, -0.1) is 0 Å². The summed E-state index contributed by atoms with van der Waals surface area (Å²) in [6.07, 6.45) is 7.05. The van der Waals surface area contributed by atoms with Gasteiger partial charge in [0.25, 0.3) is 0 Å². The van der Waals surface area contributed by atoms with E-state index in [1.165, 1.54) is 11.3 Å². The minimum atomic E-state index is 0.348. The molecule has 7 nitrogen and oxygen atoms in total. The summed E-state index contributed by atoms with van der Waals surface area (Å²) in [5.41, 5.74) is 3.54. The van der Waals surface area contributed by atoms with Crippen LogP contribution in [0.25, 0.3) is 0 Å². The highest BCUT2D eigenvalue weighted by molar-refractivity contribution is 5.80. The van der Waals surface area contributed by atoms with Crippen LogP contribution in [0.15, 0.2) is 23.5 Å². The predicted octanol–water partition coefficient (Wildman–Crippen LogP) is 1.78. The molecule has 0 saturated carbocycles. The molecule has 0 aromatic carbocycles. The van der Waals surface area contributed by atoms with Gasteiger partial charge in [0.15, 0.2) is 5.96 Å². The minimum Gasteiger partial charge on any atom is -0.353 e. The highest BCUT2D eigenvalue weighted by Crippen LogP contribution is 2.21. The van der Waals surface area contributed by atoms with Crippen molar-refractivity contribution in [3.8, 4) is 0 Å². The van der Waals surface area contributed by atoms with Crippen molar-refractivity contribution in [1.82, 2.24) is 30.4 Å². The molecule has 1 atom stereocenters. The van der Waals surface area contributed by atoms with Crippen LogP contribution in [0.5, 0.6) is 0 Å². The summed E-state index contributed by atoms with van der Waals surface area (Å²) < 4.78 is 2.07. The average molecular weight is 341 g/mol. The second-order valence-electron chi connectivity index (χ2n) is 6.78. The van der Waals surface area contributed by atoms with E-state index in [9.17, 15) is 0 Å². The first-order chi connectivity index (χ1) is 12.0. The molecule has 1 aliphatic carbocycles. The number of nitrogens with zero attached hydrogens (tertiary/aromatic N) is 5. The molecule has 2 N–H and O–H groups in total. The van der Waals surface area contributed by atoms with Crippen molar-refractivity contribution in [1.29, 1.82) is 0 Å². The third-order valence-electron chi connectivity index (χ3n) is 4.46. The second kappa shape index (κ2) is 7.63. The van der Waals surface area contributed by atoms with E-state index >= 15 is 0 Å². The zero-order valence-corrected chi connectivity index (χ0v) is 15.5. The van der Waals surface area contributed by atoms with Crippen LogP contribution in [-0.2, 0) is 19.4 Å². The summed E-state index contributed by atoms with van der Waals surface area (Å²) in [7, 11) is 1.79. The molecule has 0 spiro atoms. The third-order valence-corrected chi connectivity index (χ3v) is 4.46. The molecule has 3 rings (SSSR count). The summed E-state index contributed by atoms with van der Waals surface area (Å²) in [5.74, 6) is 1.58. The topological polar surface area (TPSA) is 80.0 Å². The van der Waals surface area contributed by atoms with Gasteiger partial charge in [0.1, 0.15) is 5.82 Å². The summed E-state index contributed by atoms with van der Waals surface area (Å²) in [6, 6.07) is 2.67. The van der Waals surface area contributed by atoms with Crippen LogP contribution in [0.1, 0.15) is 49.1 Å². The van der Waals surface area contributed by atoms with E-state index in [2.05, 4.69) is 50.3 Å². The lowest BCUT2D eigenvalue weighted by molar-refractivity contribution is 0.499. The van der Waals surface area contributed by atoms with E-state index in [1.54, 1.807) is 13.2 Å². The molecule has 1 aliphatic rings. The Bertz CT molecular complexity index is 748. The van der Waals surface area contributed by atoms with E-state index in [4.69, 9.17) is 5.10 Å². The second-order valence-corrected chi connectivity index (χ2v) is 6.78. The van der Waals surface area contributed by atoms with Crippen LogP contribution in [0.4, 0.5) is 0 Å². The summed E-state index contributed by atoms with van der Waals surface area (Å²) in [5, 5.41) is 11.6. The van der Waals surface area contributed by atoms with Gasteiger partial charge in [0, 0.05) is 37.9 Å². The number of guanidine groups is 1. The average Bonchev–Trinajstić information content (AvgIpc) is 3.02. The van der Waals surface area contributed by atoms with Crippen molar-refractivity contribution < 1.29 is 0 Å². The Morgan fingerprint density at radius 3 is 3.00 bits per heavy atom. The molecule has 0 amide bonds. The number of aryl methyl sites for hydroxylation is 2. The molecule has 134 valence electrons. The van der Waals surface area contributed by atoms with E-state index in [1.807, 2.05) is 13.0 Å². The predicted molar refractivity (Wildman–Crippen MR) is 98.5 cm³/mol. The lowest BCUT2D eigenvalue weighted by atomic mass is 9.94. The van der Waals surface area contributed by atoms with Gasteiger partial charge in [-0.05, 0) is 45.2 Å². The fraction of sp³-hybridized carbons (Fsp3) is 0.556. The van der Waals surface area contributed by atoms with Gasteiger partial charge in [0.05, 0.1) is 17.9 Å². The van der Waals surface area contributed by atoms with E-state index in [-0.39, 0.29) is 0 Å². The van der Waals surface area contributed by atoms with Gasteiger partial charge in [-0.2, -0.15) is 5.10 Å². The maximum Gasteiger partial charge on any atom is 0.191 e. The quantitative estimate of drug-likeness (QED) is 0.655. The van der Waals surface area contributed by atoms with Gasteiger partial charge in [-0.25, -0.2) is 9.97 Å². The molecule has 1 unspecified atom stereocenters. The number of aliphatic imine (C=N–C) groups is 1. The first kappa shape index (κ1) is 17.4. The zero-order chi connectivity index (χ0) is 17.8. The van der Waals surface area contributed by atoms with Gasteiger partial charge in [-0.3, -0.25) is 9.67 Å². The Morgan fingerprint density at radius 1 is 1.44 bits per heavy atom. The van der Waals surface area contributed by atoms with Crippen molar-refractivity contribution in [3.05, 3.63) is 41.2 Å². The molecule has 2 aromatic heterocycles. The van der Waals surface area contributed by atoms with Crippen molar-refractivity contribution in [2.45, 2.75) is 58.7 Å². The van der Waals surface area contributed by atoms with Crippen LogP contribution in [-0.4, -0.2) is 38.8 Å². The van der Waals surface area contributed by atoms with Gasteiger partial charge < -0.3 is 10.6 Å². The maximum absolute atomic E-state index is 4.74. The summed E-state index contributed by atoms with van der Waals surface area (Å²) >= 11 is 0. The molecular formula is C18H27N7.